The maximum Gasteiger partial charge on any atom is 0.336 e. The molecule has 0 saturated carbocycles. The average Bonchev–Trinajstić information content (AvgIpc) is 3.18. The first kappa shape index (κ1) is 20.8. The van der Waals surface area contributed by atoms with Crippen LogP contribution in [0.3, 0.4) is 0 Å². The highest BCUT2D eigenvalue weighted by Crippen LogP contribution is 2.32. The Labute approximate surface area is 182 Å². The Bertz CT molecular complexity index is 1350. The summed E-state index contributed by atoms with van der Waals surface area (Å²) >= 11 is 6.05. The molecule has 0 fully saturated rings. The third-order valence-electron chi connectivity index (χ3n) is 4.48. The zero-order chi connectivity index (χ0) is 22.0. The van der Waals surface area contributed by atoms with Crippen LogP contribution in [0.4, 0.5) is 5.69 Å². The van der Waals surface area contributed by atoms with Crippen LogP contribution < -0.4 is 9.46 Å². The van der Waals surface area contributed by atoms with Gasteiger partial charge in [0.2, 0.25) is 5.09 Å². The highest BCUT2D eigenvalue weighted by Gasteiger charge is 2.22. The SMILES string of the molecule is O=C(O)c1ccccc1COc1ccc(Cl)cc1NS(=O)(=O)c1cc2ccccc2o1. The highest BCUT2D eigenvalue weighted by molar-refractivity contribution is 7.92. The van der Waals surface area contributed by atoms with E-state index in [1.54, 1.807) is 48.5 Å². The summed E-state index contributed by atoms with van der Waals surface area (Å²) in [5.74, 6) is -0.898. The van der Waals surface area contributed by atoms with E-state index in [9.17, 15) is 18.3 Å². The number of fused-ring (bicyclic) bond motifs is 1. The van der Waals surface area contributed by atoms with Crippen LogP contribution in [0.15, 0.2) is 82.3 Å². The maximum absolute atomic E-state index is 12.9. The van der Waals surface area contributed by atoms with E-state index in [1.165, 1.54) is 24.3 Å². The number of nitrogens with one attached hydrogen (secondary N) is 1. The van der Waals surface area contributed by atoms with Crippen LogP contribution in [0.25, 0.3) is 11.0 Å². The summed E-state index contributed by atoms with van der Waals surface area (Å²) in [4.78, 5) is 11.4. The van der Waals surface area contributed by atoms with Crippen LogP contribution in [0.2, 0.25) is 5.02 Å². The number of hydrogen-bond donors (Lipinski definition) is 2. The molecule has 0 unspecified atom stereocenters. The Kier molecular flexibility index (Phi) is 5.58. The number of ether oxygens (including phenoxy) is 1. The lowest BCUT2D eigenvalue weighted by Crippen LogP contribution is -2.13. The van der Waals surface area contributed by atoms with Crippen molar-refractivity contribution in [1.29, 1.82) is 0 Å². The Morgan fingerprint density at radius 2 is 1.77 bits per heavy atom. The first-order valence-electron chi connectivity index (χ1n) is 9.08. The quantitative estimate of drug-likeness (QED) is 0.397. The molecule has 0 spiro atoms. The Hall–Kier alpha value is -3.49. The second-order valence-electron chi connectivity index (χ2n) is 6.60. The smallest absolute Gasteiger partial charge is 0.336 e. The Morgan fingerprint density at radius 1 is 1.03 bits per heavy atom. The molecule has 1 heterocycles. The molecule has 31 heavy (non-hydrogen) atoms. The van der Waals surface area contributed by atoms with Gasteiger partial charge < -0.3 is 14.3 Å². The van der Waals surface area contributed by atoms with Crippen molar-refractivity contribution in [2.24, 2.45) is 0 Å². The van der Waals surface area contributed by atoms with Crippen molar-refractivity contribution in [3.05, 3.63) is 88.9 Å². The zero-order valence-electron chi connectivity index (χ0n) is 15.9. The van der Waals surface area contributed by atoms with Crippen LogP contribution >= 0.6 is 11.6 Å². The van der Waals surface area contributed by atoms with Gasteiger partial charge in [-0.3, -0.25) is 4.72 Å². The molecule has 4 aromatic rings. The van der Waals surface area contributed by atoms with Crippen LogP contribution in [0.1, 0.15) is 15.9 Å². The molecule has 0 atom stereocenters. The molecule has 0 amide bonds. The molecule has 4 rings (SSSR count). The first-order chi connectivity index (χ1) is 14.8. The maximum atomic E-state index is 12.9. The molecule has 1 aromatic heterocycles. The van der Waals surface area contributed by atoms with Crippen LogP contribution in [0.5, 0.6) is 5.75 Å². The summed E-state index contributed by atoms with van der Waals surface area (Å²) in [6, 6.07) is 19.2. The molecule has 0 aliphatic rings. The fraction of sp³-hybridized carbons (Fsp3) is 0.0455. The number of aromatic carboxylic acids is 1. The number of carbonyl (C=O) groups is 1. The molecule has 9 heteroatoms. The van der Waals surface area contributed by atoms with Crippen molar-refractivity contribution < 1.29 is 27.5 Å². The average molecular weight is 458 g/mol. The van der Waals surface area contributed by atoms with Gasteiger partial charge in [0, 0.05) is 22.0 Å². The van der Waals surface area contributed by atoms with Crippen molar-refractivity contribution in [2.75, 3.05) is 4.72 Å². The summed E-state index contributed by atoms with van der Waals surface area (Å²) in [5.41, 5.74) is 1.08. The van der Waals surface area contributed by atoms with Crippen LogP contribution in [0, 0.1) is 0 Å². The van der Waals surface area contributed by atoms with Crippen molar-refractivity contribution in [1.82, 2.24) is 0 Å². The summed E-state index contributed by atoms with van der Waals surface area (Å²) in [7, 11) is -4.07. The predicted octanol–water partition coefficient (Wildman–Crippen LogP) is 5.16. The fourth-order valence-corrected chi connectivity index (χ4v) is 4.21. The third-order valence-corrected chi connectivity index (χ3v) is 5.94. The standard InChI is InChI=1S/C22H16ClNO6S/c23-16-9-10-20(29-13-15-6-1-3-7-17(15)22(25)26)18(12-16)24-31(27,28)21-11-14-5-2-4-8-19(14)30-21/h1-12,24H,13H2,(H,25,26). The lowest BCUT2D eigenvalue weighted by molar-refractivity contribution is 0.0694. The minimum absolute atomic E-state index is 0.0799. The topological polar surface area (TPSA) is 106 Å². The number of carboxylic acids is 1. The van der Waals surface area contributed by atoms with Crippen molar-refractivity contribution in [2.45, 2.75) is 11.7 Å². The molecule has 0 aliphatic carbocycles. The summed E-state index contributed by atoms with van der Waals surface area (Å²) in [6.45, 7) is -0.0799. The van der Waals surface area contributed by atoms with Gasteiger partial charge in [-0.15, -0.1) is 0 Å². The lowest BCUT2D eigenvalue weighted by Gasteiger charge is -2.14. The van der Waals surface area contributed by atoms with Gasteiger partial charge >= 0.3 is 5.97 Å². The van der Waals surface area contributed by atoms with Crippen molar-refractivity contribution >= 4 is 44.3 Å². The third kappa shape index (κ3) is 4.50. The Morgan fingerprint density at radius 3 is 2.55 bits per heavy atom. The summed E-state index contributed by atoms with van der Waals surface area (Å²) < 4.78 is 39.4. The van der Waals surface area contributed by atoms with Gasteiger partial charge in [0.05, 0.1) is 11.3 Å². The van der Waals surface area contributed by atoms with Gasteiger partial charge in [0.15, 0.2) is 0 Å². The van der Waals surface area contributed by atoms with E-state index in [2.05, 4.69) is 4.72 Å². The normalized spacial score (nSPS) is 11.4. The van der Waals surface area contributed by atoms with E-state index >= 15 is 0 Å². The molecule has 0 aliphatic heterocycles. The van der Waals surface area contributed by atoms with Crippen LogP contribution in [-0.2, 0) is 16.6 Å². The minimum Gasteiger partial charge on any atom is -0.487 e. The van der Waals surface area contributed by atoms with E-state index in [0.29, 0.717) is 21.6 Å². The number of carboxylic acid groups (broad SMARTS) is 1. The van der Waals surface area contributed by atoms with Gasteiger partial charge in [0.1, 0.15) is 17.9 Å². The highest BCUT2D eigenvalue weighted by atomic mass is 35.5. The van der Waals surface area contributed by atoms with E-state index in [0.717, 1.165) is 0 Å². The van der Waals surface area contributed by atoms with Crippen molar-refractivity contribution in [3.8, 4) is 5.75 Å². The summed E-state index contributed by atoms with van der Waals surface area (Å²) in [5, 5.41) is 10.0. The first-order valence-corrected chi connectivity index (χ1v) is 10.9. The van der Waals surface area contributed by atoms with E-state index in [4.69, 9.17) is 20.8 Å². The second kappa shape index (κ2) is 8.33. The molecule has 0 saturated heterocycles. The predicted molar refractivity (Wildman–Crippen MR) is 116 cm³/mol. The second-order valence-corrected chi connectivity index (χ2v) is 8.65. The van der Waals surface area contributed by atoms with Gasteiger partial charge in [-0.1, -0.05) is 48.0 Å². The van der Waals surface area contributed by atoms with E-state index < -0.39 is 16.0 Å². The molecule has 7 nitrogen and oxygen atoms in total. The zero-order valence-corrected chi connectivity index (χ0v) is 17.5. The number of furan rings is 1. The summed E-state index contributed by atoms with van der Waals surface area (Å²) in [6.07, 6.45) is 0. The molecule has 158 valence electrons. The van der Waals surface area contributed by atoms with Gasteiger partial charge in [-0.05, 0) is 30.3 Å². The van der Waals surface area contributed by atoms with E-state index in [1.807, 2.05) is 0 Å². The lowest BCUT2D eigenvalue weighted by atomic mass is 10.1. The molecular weight excluding hydrogens is 442 g/mol. The van der Waals surface area contributed by atoms with Gasteiger partial charge in [0.25, 0.3) is 10.0 Å². The monoisotopic (exact) mass is 457 g/mol. The molecule has 0 bridgehead atoms. The fourth-order valence-electron chi connectivity index (χ4n) is 3.00. The van der Waals surface area contributed by atoms with Gasteiger partial charge in [-0.2, -0.15) is 8.42 Å². The van der Waals surface area contributed by atoms with Crippen LogP contribution in [-0.4, -0.2) is 19.5 Å². The number of benzene rings is 3. The number of halogens is 1. The minimum atomic E-state index is -4.07. The molecular formula is C22H16ClNO6S. The number of hydrogen-bond acceptors (Lipinski definition) is 5. The number of sulfonamides is 1. The number of anilines is 1. The van der Waals surface area contributed by atoms with Gasteiger partial charge in [-0.25, -0.2) is 4.79 Å². The van der Waals surface area contributed by atoms with Crippen molar-refractivity contribution in [3.63, 3.8) is 0 Å². The van der Waals surface area contributed by atoms with E-state index in [-0.39, 0.29) is 28.7 Å². The Balaban J connectivity index is 1.62. The molecule has 2 N–H and O–H groups in total. The largest absolute Gasteiger partial charge is 0.487 e. The number of para-hydroxylation sites is 1. The molecule has 0 radical (unpaired) electrons. The number of rotatable bonds is 7. The molecule has 3 aromatic carbocycles.